The van der Waals surface area contributed by atoms with E-state index in [-0.39, 0.29) is 25.6 Å². The average molecular weight is 356 g/mol. The first-order valence-electron chi connectivity index (χ1n) is 8.27. The fraction of sp³-hybridized carbons (Fsp3) is 0.706. The van der Waals surface area contributed by atoms with E-state index in [4.69, 9.17) is 13.9 Å². The third-order valence-electron chi connectivity index (χ3n) is 3.64. The van der Waals surface area contributed by atoms with Crippen molar-refractivity contribution < 1.29 is 28.3 Å². The lowest BCUT2D eigenvalue weighted by molar-refractivity contribution is -0.173. The first-order chi connectivity index (χ1) is 11.1. The number of hydrogen-bond donors (Lipinski definition) is 0. The molecule has 136 valence electrons. The van der Waals surface area contributed by atoms with Gasteiger partial charge in [0.2, 0.25) is 8.32 Å². The number of carbonyl (C=O) groups is 3. The molecule has 0 aromatic carbocycles. The first-order valence-corrected chi connectivity index (χ1v) is 11.7. The third-order valence-corrected chi connectivity index (χ3v) is 4.51. The molecular weight excluding hydrogens is 328 g/mol. The lowest BCUT2D eigenvalue weighted by atomic mass is 9.69. The zero-order chi connectivity index (χ0) is 18.5. The molecule has 0 aliphatic heterocycles. The zero-order valence-corrected chi connectivity index (χ0v) is 16.4. The molecule has 0 spiro atoms. The van der Waals surface area contributed by atoms with Crippen LogP contribution in [0.1, 0.15) is 33.6 Å². The van der Waals surface area contributed by atoms with Gasteiger partial charge in [0.05, 0.1) is 24.4 Å². The highest BCUT2D eigenvalue weighted by Gasteiger charge is 2.53. The summed E-state index contributed by atoms with van der Waals surface area (Å²) < 4.78 is 16.3. The Bertz CT molecular complexity index is 520. The average Bonchev–Trinajstić information content (AvgIpc) is 2.45. The normalized spacial score (nSPS) is 24.1. The van der Waals surface area contributed by atoms with Gasteiger partial charge in [0.15, 0.2) is 0 Å². The quantitative estimate of drug-likeness (QED) is 0.302. The minimum Gasteiger partial charge on any atom is -0.548 e. The van der Waals surface area contributed by atoms with Crippen molar-refractivity contribution >= 4 is 26.5 Å². The molecule has 1 rings (SSSR count). The van der Waals surface area contributed by atoms with E-state index in [2.05, 4.69) is 0 Å². The Morgan fingerprint density at radius 3 is 2.46 bits per heavy atom. The summed E-state index contributed by atoms with van der Waals surface area (Å²) in [7, 11) is -1.86. The van der Waals surface area contributed by atoms with Crippen LogP contribution in [-0.2, 0) is 28.3 Å². The van der Waals surface area contributed by atoms with Gasteiger partial charge in [-0.2, -0.15) is 0 Å². The van der Waals surface area contributed by atoms with Gasteiger partial charge in [0.1, 0.15) is 11.7 Å². The monoisotopic (exact) mass is 356 g/mol. The molecule has 0 bridgehead atoms. The van der Waals surface area contributed by atoms with Gasteiger partial charge in [0.25, 0.3) is 0 Å². The standard InChI is InChI=1S/C17H28O6Si/c1-7-21-15(19)14-10-13(23-24(4,5)6)8-9-17(14,11-18)16(20)22-12(2)3/h8,11-12,14H,7,9-10H2,1-6H3/t14-,17+/m1/s1. The number of ether oxygens (including phenoxy) is 2. The smallest absolute Gasteiger partial charge is 0.320 e. The Morgan fingerprint density at radius 2 is 2.00 bits per heavy atom. The predicted molar refractivity (Wildman–Crippen MR) is 91.6 cm³/mol. The van der Waals surface area contributed by atoms with E-state index >= 15 is 0 Å². The fourth-order valence-electron chi connectivity index (χ4n) is 2.63. The molecule has 0 amide bonds. The summed E-state index contributed by atoms with van der Waals surface area (Å²) in [5.41, 5.74) is -1.55. The van der Waals surface area contributed by atoms with Crippen molar-refractivity contribution in [3.63, 3.8) is 0 Å². The van der Waals surface area contributed by atoms with E-state index in [1.807, 2.05) is 19.6 Å². The van der Waals surface area contributed by atoms with Crippen molar-refractivity contribution in [2.24, 2.45) is 11.3 Å². The molecule has 7 heteroatoms. The van der Waals surface area contributed by atoms with Gasteiger partial charge in [0, 0.05) is 6.42 Å². The number of rotatable bonds is 7. The van der Waals surface area contributed by atoms with Crippen LogP contribution in [0.2, 0.25) is 19.6 Å². The maximum Gasteiger partial charge on any atom is 0.320 e. The Labute approximate surface area is 144 Å². The van der Waals surface area contributed by atoms with E-state index in [0.29, 0.717) is 12.0 Å². The van der Waals surface area contributed by atoms with E-state index in [0.717, 1.165) is 0 Å². The first kappa shape index (κ1) is 20.4. The van der Waals surface area contributed by atoms with Crippen molar-refractivity contribution in [2.75, 3.05) is 6.61 Å². The Morgan fingerprint density at radius 1 is 1.38 bits per heavy atom. The summed E-state index contributed by atoms with van der Waals surface area (Å²) in [6.07, 6.45) is 2.12. The van der Waals surface area contributed by atoms with Crippen molar-refractivity contribution in [3.8, 4) is 0 Å². The van der Waals surface area contributed by atoms with E-state index < -0.39 is 31.6 Å². The Hall–Kier alpha value is -1.63. The summed E-state index contributed by atoms with van der Waals surface area (Å²) in [6.45, 7) is 11.4. The van der Waals surface area contributed by atoms with Crippen LogP contribution in [0.5, 0.6) is 0 Å². The van der Waals surface area contributed by atoms with E-state index in [1.165, 1.54) is 0 Å². The molecule has 0 unspecified atom stereocenters. The van der Waals surface area contributed by atoms with Crippen molar-refractivity contribution in [1.82, 2.24) is 0 Å². The number of esters is 2. The molecule has 0 heterocycles. The van der Waals surface area contributed by atoms with Crippen LogP contribution in [0.3, 0.4) is 0 Å². The Kier molecular flexibility index (Phi) is 6.77. The second kappa shape index (κ2) is 7.96. The minimum absolute atomic E-state index is 0.0747. The van der Waals surface area contributed by atoms with Gasteiger partial charge in [-0.3, -0.25) is 9.59 Å². The maximum absolute atomic E-state index is 12.5. The summed E-state index contributed by atoms with van der Waals surface area (Å²) in [6, 6.07) is 0. The fourth-order valence-corrected chi connectivity index (χ4v) is 3.59. The van der Waals surface area contributed by atoms with Gasteiger partial charge in [-0.15, -0.1) is 0 Å². The van der Waals surface area contributed by atoms with Crippen LogP contribution in [0.25, 0.3) is 0 Å². The highest BCUT2D eigenvalue weighted by atomic mass is 28.4. The van der Waals surface area contributed by atoms with Crippen LogP contribution < -0.4 is 0 Å². The molecule has 0 saturated carbocycles. The van der Waals surface area contributed by atoms with Crippen LogP contribution in [-0.4, -0.2) is 39.3 Å². The van der Waals surface area contributed by atoms with E-state index in [9.17, 15) is 14.4 Å². The molecular formula is C17H28O6Si. The number of allylic oxidation sites excluding steroid dienone is 2. The SMILES string of the molecule is CCOC(=O)[C@H]1CC(O[Si](C)(C)C)=CC[C@@]1(C=O)C(=O)OC(C)C. The van der Waals surface area contributed by atoms with Crippen molar-refractivity contribution in [1.29, 1.82) is 0 Å². The highest BCUT2D eigenvalue weighted by Crippen LogP contribution is 2.42. The topological polar surface area (TPSA) is 78.9 Å². The molecule has 24 heavy (non-hydrogen) atoms. The zero-order valence-electron chi connectivity index (χ0n) is 15.4. The van der Waals surface area contributed by atoms with Crippen LogP contribution in [0, 0.1) is 11.3 Å². The number of aldehydes is 1. The molecule has 6 nitrogen and oxygen atoms in total. The molecule has 2 atom stereocenters. The minimum atomic E-state index is -1.86. The molecule has 0 radical (unpaired) electrons. The van der Waals surface area contributed by atoms with Crippen LogP contribution in [0.4, 0.5) is 0 Å². The van der Waals surface area contributed by atoms with Crippen LogP contribution >= 0.6 is 0 Å². The lowest BCUT2D eigenvalue weighted by Gasteiger charge is -2.37. The predicted octanol–water partition coefficient (Wildman–Crippen LogP) is 2.83. The Balaban J connectivity index is 3.20. The van der Waals surface area contributed by atoms with Gasteiger partial charge < -0.3 is 18.7 Å². The van der Waals surface area contributed by atoms with Gasteiger partial charge in [-0.25, -0.2) is 0 Å². The molecule has 1 aliphatic rings. The van der Waals surface area contributed by atoms with E-state index in [1.54, 1.807) is 26.8 Å². The second-order valence-corrected chi connectivity index (χ2v) is 11.6. The molecule has 0 aromatic rings. The number of carbonyl (C=O) groups excluding carboxylic acids is 3. The molecule has 0 N–H and O–H groups in total. The largest absolute Gasteiger partial charge is 0.548 e. The molecule has 0 fully saturated rings. The molecule has 1 aliphatic carbocycles. The summed E-state index contributed by atoms with van der Waals surface area (Å²) in [5, 5.41) is 0. The van der Waals surface area contributed by atoms with Gasteiger partial charge >= 0.3 is 11.9 Å². The van der Waals surface area contributed by atoms with Gasteiger partial charge in [-0.05, 0) is 52.9 Å². The lowest BCUT2D eigenvalue weighted by Crippen LogP contribution is -2.48. The highest BCUT2D eigenvalue weighted by molar-refractivity contribution is 6.70. The second-order valence-electron chi connectivity index (χ2n) is 7.21. The third kappa shape index (κ3) is 4.93. The number of hydrogen-bond acceptors (Lipinski definition) is 6. The van der Waals surface area contributed by atoms with Crippen molar-refractivity contribution in [2.45, 2.75) is 59.4 Å². The van der Waals surface area contributed by atoms with Gasteiger partial charge in [-0.1, -0.05) is 0 Å². The summed E-state index contributed by atoms with van der Waals surface area (Å²) >= 11 is 0. The maximum atomic E-state index is 12.5. The molecule has 0 aromatic heterocycles. The van der Waals surface area contributed by atoms with Crippen molar-refractivity contribution in [3.05, 3.63) is 11.8 Å². The summed E-state index contributed by atoms with van der Waals surface area (Å²) in [4.78, 5) is 36.8. The summed E-state index contributed by atoms with van der Waals surface area (Å²) in [5.74, 6) is -1.55. The van der Waals surface area contributed by atoms with Crippen LogP contribution in [0.15, 0.2) is 11.8 Å². The molecule has 0 saturated heterocycles.